The highest BCUT2D eigenvalue weighted by atomic mass is 79.9. The minimum Gasteiger partial charge on any atom is -0.351 e. The summed E-state index contributed by atoms with van der Waals surface area (Å²) < 4.78 is 4.24. The number of aromatic nitrogens is 4. The molecular formula is C12H16BrN5O. The monoisotopic (exact) mass is 325 g/mol. The lowest BCUT2D eigenvalue weighted by molar-refractivity contribution is 0.0941. The Hall–Kier alpha value is -1.63. The minimum absolute atomic E-state index is 0.105. The molecule has 0 aromatic carbocycles. The Morgan fingerprint density at radius 1 is 1.47 bits per heavy atom. The number of nitrogens with one attached hydrogen (secondary N) is 1. The molecule has 0 atom stereocenters. The van der Waals surface area contributed by atoms with Crippen molar-refractivity contribution >= 4 is 21.8 Å². The van der Waals surface area contributed by atoms with E-state index in [0.717, 1.165) is 17.4 Å². The molecule has 0 radical (unpaired) electrons. The molecule has 7 heteroatoms. The van der Waals surface area contributed by atoms with Crippen LogP contribution in [0.25, 0.3) is 0 Å². The summed E-state index contributed by atoms with van der Waals surface area (Å²) in [4.78, 5) is 12.0. The fourth-order valence-corrected chi connectivity index (χ4v) is 2.26. The van der Waals surface area contributed by atoms with E-state index in [1.54, 1.807) is 17.1 Å². The number of hydrogen-bond donors (Lipinski definition) is 1. The Morgan fingerprint density at radius 3 is 3.00 bits per heavy atom. The SMILES string of the molecule is CCn1ncc(Br)c1C(=O)NCCCn1cccn1. The number of halogens is 1. The maximum absolute atomic E-state index is 12.0. The Balaban J connectivity index is 1.82. The Morgan fingerprint density at radius 2 is 2.32 bits per heavy atom. The fraction of sp³-hybridized carbons (Fsp3) is 0.417. The van der Waals surface area contributed by atoms with Crippen molar-refractivity contribution < 1.29 is 4.79 Å². The molecule has 0 aliphatic heterocycles. The van der Waals surface area contributed by atoms with Crippen molar-refractivity contribution in [1.29, 1.82) is 0 Å². The minimum atomic E-state index is -0.105. The van der Waals surface area contributed by atoms with Crippen LogP contribution in [0.1, 0.15) is 23.8 Å². The fourth-order valence-electron chi connectivity index (χ4n) is 1.79. The smallest absolute Gasteiger partial charge is 0.270 e. The van der Waals surface area contributed by atoms with Gasteiger partial charge in [-0.2, -0.15) is 10.2 Å². The molecule has 0 aliphatic carbocycles. The summed E-state index contributed by atoms with van der Waals surface area (Å²) in [6.45, 7) is 4.02. The van der Waals surface area contributed by atoms with Crippen LogP contribution >= 0.6 is 15.9 Å². The van der Waals surface area contributed by atoms with Crippen LogP contribution in [0.4, 0.5) is 0 Å². The molecule has 0 saturated carbocycles. The lowest BCUT2D eigenvalue weighted by Crippen LogP contribution is -2.28. The van der Waals surface area contributed by atoms with Crippen molar-refractivity contribution in [2.45, 2.75) is 26.4 Å². The number of amides is 1. The lowest BCUT2D eigenvalue weighted by Gasteiger charge is -2.07. The molecule has 0 aliphatic rings. The van der Waals surface area contributed by atoms with Crippen LogP contribution in [0, 0.1) is 0 Å². The first-order valence-corrected chi connectivity index (χ1v) is 6.98. The summed E-state index contributed by atoms with van der Waals surface area (Å²) in [5.74, 6) is -0.105. The van der Waals surface area contributed by atoms with Gasteiger partial charge in [-0.25, -0.2) is 0 Å². The number of carbonyl (C=O) groups excluding carboxylic acids is 1. The van der Waals surface area contributed by atoms with Gasteiger partial charge in [0.2, 0.25) is 0 Å². The van der Waals surface area contributed by atoms with E-state index < -0.39 is 0 Å². The Kier molecular flexibility index (Phi) is 4.73. The van der Waals surface area contributed by atoms with Gasteiger partial charge in [-0.05, 0) is 35.3 Å². The summed E-state index contributed by atoms with van der Waals surface area (Å²) in [6, 6.07) is 1.88. The van der Waals surface area contributed by atoms with Crippen LogP contribution in [-0.4, -0.2) is 32.0 Å². The number of aryl methyl sites for hydroxylation is 2. The van der Waals surface area contributed by atoms with Gasteiger partial charge in [-0.1, -0.05) is 0 Å². The number of hydrogen-bond acceptors (Lipinski definition) is 3. The molecule has 1 N–H and O–H groups in total. The maximum Gasteiger partial charge on any atom is 0.270 e. The molecule has 0 saturated heterocycles. The van der Waals surface area contributed by atoms with Crippen LogP contribution in [0.15, 0.2) is 29.1 Å². The topological polar surface area (TPSA) is 64.7 Å². The summed E-state index contributed by atoms with van der Waals surface area (Å²) in [5.41, 5.74) is 0.571. The Bertz CT molecular complexity index is 534. The second-order valence-corrected chi connectivity index (χ2v) is 4.89. The van der Waals surface area contributed by atoms with Gasteiger partial charge in [0.25, 0.3) is 5.91 Å². The van der Waals surface area contributed by atoms with Crippen LogP contribution in [0.3, 0.4) is 0 Å². The molecule has 102 valence electrons. The summed E-state index contributed by atoms with van der Waals surface area (Å²) in [5, 5.41) is 11.1. The predicted molar refractivity (Wildman–Crippen MR) is 74.8 cm³/mol. The quantitative estimate of drug-likeness (QED) is 0.822. The third-order valence-electron chi connectivity index (χ3n) is 2.72. The maximum atomic E-state index is 12.0. The van der Waals surface area contributed by atoms with Crippen LogP contribution in [0.5, 0.6) is 0 Å². The van der Waals surface area contributed by atoms with E-state index in [2.05, 4.69) is 31.4 Å². The van der Waals surface area contributed by atoms with Crippen molar-refractivity contribution in [2.24, 2.45) is 0 Å². The van der Waals surface area contributed by atoms with Crippen molar-refractivity contribution in [3.05, 3.63) is 34.8 Å². The number of nitrogens with zero attached hydrogens (tertiary/aromatic N) is 4. The van der Waals surface area contributed by atoms with E-state index in [1.807, 2.05) is 23.9 Å². The number of rotatable bonds is 6. The van der Waals surface area contributed by atoms with Gasteiger partial charge < -0.3 is 5.32 Å². The third kappa shape index (κ3) is 3.44. The van der Waals surface area contributed by atoms with E-state index >= 15 is 0 Å². The van der Waals surface area contributed by atoms with Crippen LogP contribution < -0.4 is 5.32 Å². The van der Waals surface area contributed by atoms with Crippen molar-refractivity contribution in [3.63, 3.8) is 0 Å². The van der Waals surface area contributed by atoms with Gasteiger partial charge in [0, 0.05) is 32.0 Å². The van der Waals surface area contributed by atoms with E-state index in [1.165, 1.54) is 0 Å². The van der Waals surface area contributed by atoms with E-state index in [0.29, 0.717) is 18.8 Å². The van der Waals surface area contributed by atoms with Gasteiger partial charge in [-0.3, -0.25) is 14.2 Å². The summed E-state index contributed by atoms with van der Waals surface area (Å²) in [6.07, 6.45) is 6.13. The van der Waals surface area contributed by atoms with Gasteiger partial charge >= 0.3 is 0 Å². The molecule has 0 unspecified atom stereocenters. The van der Waals surface area contributed by atoms with Crippen molar-refractivity contribution in [1.82, 2.24) is 24.9 Å². The van der Waals surface area contributed by atoms with Crippen LogP contribution in [-0.2, 0) is 13.1 Å². The van der Waals surface area contributed by atoms with Gasteiger partial charge in [0.1, 0.15) is 5.69 Å². The molecule has 2 heterocycles. The van der Waals surface area contributed by atoms with Gasteiger partial charge in [0.05, 0.1) is 10.7 Å². The summed E-state index contributed by atoms with van der Waals surface area (Å²) in [7, 11) is 0. The van der Waals surface area contributed by atoms with Crippen LogP contribution in [0.2, 0.25) is 0 Å². The molecule has 2 aromatic heterocycles. The molecule has 0 fully saturated rings. The van der Waals surface area contributed by atoms with Gasteiger partial charge in [-0.15, -0.1) is 0 Å². The average Bonchev–Trinajstić information content (AvgIpc) is 3.03. The molecule has 19 heavy (non-hydrogen) atoms. The predicted octanol–water partition coefficient (Wildman–Crippen LogP) is 1.68. The molecule has 1 amide bonds. The zero-order chi connectivity index (χ0) is 13.7. The molecule has 2 rings (SSSR count). The second-order valence-electron chi connectivity index (χ2n) is 4.04. The molecule has 0 spiro atoms. The van der Waals surface area contributed by atoms with E-state index in [-0.39, 0.29) is 5.91 Å². The van der Waals surface area contributed by atoms with E-state index in [9.17, 15) is 4.79 Å². The van der Waals surface area contributed by atoms with Gasteiger partial charge in [0.15, 0.2) is 0 Å². The zero-order valence-electron chi connectivity index (χ0n) is 10.7. The van der Waals surface area contributed by atoms with Crippen molar-refractivity contribution in [2.75, 3.05) is 6.54 Å². The lowest BCUT2D eigenvalue weighted by atomic mass is 10.3. The standard InChI is InChI=1S/C12H16BrN5O/c1-2-18-11(10(13)9-16-18)12(19)14-5-3-7-17-8-4-6-15-17/h4,6,8-9H,2-3,5,7H2,1H3,(H,14,19). The average molecular weight is 326 g/mol. The first kappa shape index (κ1) is 13.8. The molecule has 0 bridgehead atoms. The Labute approximate surface area is 119 Å². The molecule has 6 nitrogen and oxygen atoms in total. The third-order valence-corrected chi connectivity index (χ3v) is 3.30. The highest BCUT2D eigenvalue weighted by Crippen LogP contribution is 2.15. The molecule has 2 aromatic rings. The highest BCUT2D eigenvalue weighted by Gasteiger charge is 2.15. The normalized spacial score (nSPS) is 10.6. The largest absolute Gasteiger partial charge is 0.351 e. The summed E-state index contributed by atoms with van der Waals surface area (Å²) >= 11 is 3.34. The zero-order valence-corrected chi connectivity index (χ0v) is 12.3. The van der Waals surface area contributed by atoms with Crippen molar-refractivity contribution in [3.8, 4) is 0 Å². The second kappa shape index (κ2) is 6.51. The first-order chi connectivity index (χ1) is 9.22. The molecular weight excluding hydrogens is 310 g/mol. The van der Waals surface area contributed by atoms with E-state index in [4.69, 9.17) is 0 Å². The first-order valence-electron chi connectivity index (χ1n) is 6.19. The number of carbonyl (C=O) groups is 1. The highest BCUT2D eigenvalue weighted by molar-refractivity contribution is 9.10.